The first kappa shape index (κ1) is 22.6. The van der Waals surface area contributed by atoms with Crippen LogP contribution < -0.4 is 19.5 Å². The number of rotatable bonds is 12. The van der Waals surface area contributed by atoms with Crippen molar-refractivity contribution in [3.8, 4) is 17.2 Å². The normalized spacial score (nSPS) is 9.90. The van der Waals surface area contributed by atoms with Crippen LogP contribution >= 0.6 is 0 Å². The Kier molecular flexibility index (Phi) is 9.58. The van der Waals surface area contributed by atoms with Crippen molar-refractivity contribution in [3.05, 3.63) is 61.2 Å². The Morgan fingerprint density at radius 2 is 1.40 bits per heavy atom. The maximum atomic E-state index is 11.7. The van der Waals surface area contributed by atoms with Gasteiger partial charge in [-0.2, -0.15) is 0 Å². The van der Waals surface area contributed by atoms with Gasteiger partial charge in [0.05, 0.1) is 13.2 Å². The molecule has 0 saturated carbocycles. The lowest BCUT2D eigenvalue weighted by atomic mass is 10.3. The molecule has 0 aliphatic carbocycles. The molecule has 0 aliphatic heterocycles. The van der Waals surface area contributed by atoms with E-state index in [0.29, 0.717) is 30.1 Å². The average Bonchev–Trinajstić information content (AvgIpc) is 2.77. The van der Waals surface area contributed by atoms with Crippen LogP contribution in [0.2, 0.25) is 0 Å². The molecule has 0 spiro atoms. The van der Waals surface area contributed by atoms with Crippen molar-refractivity contribution in [3.63, 3.8) is 0 Å². The van der Waals surface area contributed by atoms with E-state index in [-0.39, 0.29) is 20.0 Å². The summed E-state index contributed by atoms with van der Waals surface area (Å²) in [6, 6.07) is 14.0. The molecular formula is C22H25NO7. The molecule has 0 saturated heterocycles. The topological polar surface area (TPSA) is 92.3 Å². The van der Waals surface area contributed by atoms with Crippen LogP contribution in [0.15, 0.2) is 61.2 Å². The highest BCUT2D eigenvalue weighted by Gasteiger charge is 2.06. The fourth-order valence-corrected chi connectivity index (χ4v) is 2.20. The van der Waals surface area contributed by atoms with Crippen LogP contribution in [-0.2, 0) is 14.3 Å². The largest absolute Gasteiger partial charge is 0.513 e. The molecule has 0 heterocycles. The molecule has 0 amide bonds. The third-order valence-electron chi connectivity index (χ3n) is 3.79. The summed E-state index contributed by atoms with van der Waals surface area (Å²) in [4.78, 5) is 22.5. The molecule has 30 heavy (non-hydrogen) atoms. The van der Waals surface area contributed by atoms with Crippen molar-refractivity contribution < 1.29 is 33.3 Å². The van der Waals surface area contributed by atoms with Crippen LogP contribution in [-0.4, -0.2) is 39.2 Å². The SMILES string of the molecule is C=CC(=O)OCCCCOC(=O)Oc1ccc(OCOc2ccc(NC)cc2)cc1. The maximum Gasteiger partial charge on any atom is 0.513 e. The maximum absolute atomic E-state index is 11.7. The summed E-state index contributed by atoms with van der Waals surface area (Å²) < 4.78 is 25.9. The monoisotopic (exact) mass is 415 g/mol. The molecule has 0 aliphatic rings. The van der Waals surface area contributed by atoms with Crippen LogP contribution in [0, 0.1) is 0 Å². The number of anilines is 1. The quantitative estimate of drug-likeness (QED) is 0.182. The van der Waals surface area contributed by atoms with E-state index in [2.05, 4.69) is 11.9 Å². The molecule has 0 radical (unpaired) electrons. The highest BCUT2D eigenvalue weighted by molar-refractivity contribution is 5.81. The van der Waals surface area contributed by atoms with E-state index in [1.54, 1.807) is 24.3 Å². The number of benzene rings is 2. The van der Waals surface area contributed by atoms with Gasteiger partial charge in [0.1, 0.15) is 17.2 Å². The second-order valence-corrected chi connectivity index (χ2v) is 5.93. The summed E-state index contributed by atoms with van der Waals surface area (Å²) in [6.45, 7) is 3.76. The van der Waals surface area contributed by atoms with Crippen LogP contribution in [0.25, 0.3) is 0 Å². The van der Waals surface area contributed by atoms with Crippen molar-refractivity contribution >= 4 is 17.8 Å². The van der Waals surface area contributed by atoms with Gasteiger partial charge in [-0.15, -0.1) is 0 Å². The van der Waals surface area contributed by atoms with Crippen LogP contribution in [0.4, 0.5) is 10.5 Å². The van der Waals surface area contributed by atoms with Crippen molar-refractivity contribution in [1.82, 2.24) is 0 Å². The molecule has 1 N–H and O–H groups in total. The lowest BCUT2D eigenvalue weighted by Gasteiger charge is -2.10. The van der Waals surface area contributed by atoms with Gasteiger partial charge in [0.15, 0.2) is 0 Å². The Labute approximate surface area is 175 Å². The van der Waals surface area contributed by atoms with Gasteiger partial charge in [0.2, 0.25) is 6.79 Å². The van der Waals surface area contributed by atoms with Crippen LogP contribution in [0.5, 0.6) is 17.2 Å². The van der Waals surface area contributed by atoms with Gasteiger partial charge < -0.3 is 29.0 Å². The molecule has 160 valence electrons. The molecule has 2 rings (SSSR count). The average molecular weight is 415 g/mol. The fraction of sp³-hybridized carbons (Fsp3) is 0.273. The van der Waals surface area contributed by atoms with Crippen molar-refractivity contribution in [2.24, 2.45) is 0 Å². The number of hydrogen-bond acceptors (Lipinski definition) is 8. The Hall–Kier alpha value is -3.68. The van der Waals surface area contributed by atoms with E-state index >= 15 is 0 Å². The molecule has 2 aromatic carbocycles. The summed E-state index contributed by atoms with van der Waals surface area (Å²) in [5.41, 5.74) is 0.992. The molecule has 0 aromatic heterocycles. The molecule has 8 nitrogen and oxygen atoms in total. The minimum Gasteiger partial charge on any atom is -0.463 e. The number of ether oxygens (including phenoxy) is 5. The first-order chi connectivity index (χ1) is 14.6. The molecule has 2 aromatic rings. The van der Waals surface area contributed by atoms with Gasteiger partial charge in [0, 0.05) is 18.8 Å². The third-order valence-corrected chi connectivity index (χ3v) is 3.79. The van der Waals surface area contributed by atoms with Crippen molar-refractivity contribution in [1.29, 1.82) is 0 Å². The molecule has 0 unspecified atom stereocenters. The second kappa shape index (κ2) is 12.7. The van der Waals surface area contributed by atoms with Gasteiger partial charge in [-0.05, 0) is 61.4 Å². The Balaban J connectivity index is 1.61. The van der Waals surface area contributed by atoms with E-state index in [1.807, 2.05) is 31.3 Å². The number of hydrogen-bond donors (Lipinski definition) is 1. The minimum atomic E-state index is -0.805. The van der Waals surface area contributed by atoms with Gasteiger partial charge in [-0.1, -0.05) is 6.58 Å². The first-order valence-corrected chi connectivity index (χ1v) is 9.38. The summed E-state index contributed by atoms with van der Waals surface area (Å²) in [7, 11) is 1.85. The van der Waals surface area contributed by atoms with Gasteiger partial charge in [-0.25, -0.2) is 9.59 Å². The van der Waals surface area contributed by atoms with E-state index < -0.39 is 12.1 Å². The zero-order valence-electron chi connectivity index (χ0n) is 16.8. The smallest absolute Gasteiger partial charge is 0.463 e. The van der Waals surface area contributed by atoms with Gasteiger partial charge in [0.25, 0.3) is 0 Å². The number of esters is 1. The summed E-state index contributed by atoms with van der Waals surface area (Å²) in [5, 5.41) is 3.03. The summed E-state index contributed by atoms with van der Waals surface area (Å²) >= 11 is 0. The van der Waals surface area contributed by atoms with Gasteiger partial charge in [-0.3, -0.25) is 0 Å². The van der Waals surface area contributed by atoms with Crippen molar-refractivity contribution in [2.75, 3.05) is 32.4 Å². The minimum absolute atomic E-state index is 0.0449. The summed E-state index contributed by atoms with van der Waals surface area (Å²) in [6.07, 6.45) is 1.41. The van der Waals surface area contributed by atoms with Crippen LogP contribution in [0.1, 0.15) is 12.8 Å². The predicted octanol–water partition coefficient (Wildman–Crippen LogP) is 4.17. The standard InChI is InChI=1S/C22H25NO7/c1-3-21(24)26-14-4-5-15-27-22(25)30-20-12-10-19(11-13-20)29-16-28-18-8-6-17(23-2)7-9-18/h3,6-13,23H,1,4-5,14-16H2,2H3. The first-order valence-electron chi connectivity index (χ1n) is 9.38. The van der Waals surface area contributed by atoms with Gasteiger partial charge >= 0.3 is 12.1 Å². The predicted molar refractivity (Wildman–Crippen MR) is 111 cm³/mol. The Morgan fingerprint density at radius 3 is 1.97 bits per heavy atom. The van der Waals surface area contributed by atoms with E-state index in [4.69, 9.17) is 23.7 Å². The molecule has 0 bridgehead atoms. The lowest BCUT2D eigenvalue weighted by Crippen LogP contribution is -2.12. The zero-order chi connectivity index (χ0) is 21.6. The number of unbranched alkanes of at least 4 members (excludes halogenated alkanes) is 1. The van der Waals surface area contributed by atoms with Crippen molar-refractivity contribution in [2.45, 2.75) is 12.8 Å². The van der Waals surface area contributed by atoms with E-state index in [9.17, 15) is 9.59 Å². The highest BCUT2D eigenvalue weighted by Crippen LogP contribution is 2.19. The second-order valence-electron chi connectivity index (χ2n) is 5.93. The number of carbonyl (C=O) groups is 2. The molecule has 0 fully saturated rings. The Morgan fingerprint density at radius 1 is 0.867 bits per heavy atom. The van der Waals surface area contributed by atoms with E-state index in [0.717, 1.165) is 11.8 Å². The fourth-order valence-electron chi connectivity index (χ4n) is 2.20. The summed E-state index contributed by atoms with van der Waals surface area (Å²) in [5.74, 6) is 1.11. The highest BCUT2D eigenvalue weighted by atomic mass is 16.7. The zero-order valence-corrected chi connectivity index (χ0v) is 16.8. The van der Waals surface area contributed by atoms with Crippen LogP contribution in [0.3, 0.4) is 0 Å². The molecular weight excluding hydrogens is 390 g/mol. The van der Waals surface area contributed by atoms with E-state index in [1.165, 1.54) is 0 Å². The molecule has 8 heteroatoms. The lowest BCUT2D eigenvalue weighted by molar-refractivity contribution is -0.137. The number of nitrogens with one attached hydrogen (secondary N) is 1. The molecule has 0 atom stereocenters. The third kappa shape index (κ3) is 8.55. The number of carbonyl (C=O) groups excluding carboxylic acids is 2. The Bertz CT molecular complexity index is 803.